The molecular formula is C28H23ClN4O3S. The maximum Gasteiger partial charge on any atom is 0.335 e. The van der Waals surface area contributed by atoms with Gasteiger partial charge in [0.2, 0.25) is 0 Å². The molecule has 0 aliphatic heterocycles. The molecule has 7 nitrogen and oxygen atoms in total. The molecule has 1 N–H and O–H groups in total. The molecule has 0 radical (unpaired) electrons. The van der Waals surface area contributed by atoms with E-state index in [1.807, 2.05) is 67.6 Å². The van der Waals surface area contributed by atoms with Crippen molar-refractivity contribution in [1.29, 1.82) is 0 Å². The molecule has 0 bridgehead atoms. The van der Waals surface area contributed by atoms with Gasteiger partial charge in [0.1, 0.15) is 12.1 Å². The standard InChI is InChI=1S/C28H23ClN4O.O2S/c1-18-8-6-9-20(14-18)23-16-30-17-31-27(23)32-19(2)25-15-21-10-7-13-24(29)26(21)28(34)33(25)22-11-4-3-5-12-22;1-3-2/h3-17,19H,1-2H3,(H,30,31,32);/t19-;/m0./s1. The summed E-state index contributed by atoms with van der Waals surface area (Å²) < 4.78 is 18.3. The number of hydrogen-bond acceptors (Lipinski definition) is 6. The Morgan fingerprint density at radius 3 is 2.43 bits per heavy atom. The predicted molar refractivity (Wildman–Crippen MR) is 148 cm³/mol. The van der Waals surface area contributed by atoms with Crippen LogP contribution in [-0.2, 0) is 11.6 Å². The summed E-state index contributed by atoms with van der Waals surface area (Å²) in [5.74, 6) is 0.700. The van der Waals surface area contributed by atoms with Crippen LogP contribution in [-0.4, -0.2) is 23.0 Å². The Morgan fingerprint density at radius 1 is 0.973 bits per heavy atom. The minimum atomic E-state index is -0.750. The van der Waals surface area contributed by atoms with Gasteiger partial charge in [0.05, 0.1) is 16.5 Å². The fourth-order valence-corrected chi connectivity index (χ4v) is 4.51. The van der Waals surface area contributed by atoms with Gasteiger partial charge in [-0.15, -0.1) is 0 Å². The van der Waals surface area contributed by atoms with Crippen LogP contribution in [0, 0.1) is 6.92 Å². The highest BCUT2D eigenvalue weighted by atomic mass is 35.5. The van der Waals surface area contributed by atoms with Crippen molar-refractivity contribution >= 4 is 39.8 Å². The summed E-state index contributed by atoms with van der Waals surface area (Å²) in [6, 6.07) is 25.1. The van der Waals surface area contributed by atoms with Crippen LogP contribution in [0.2, 0.25) is 5.02 Å². The van der Waals surface area contributed by atoms with Crippen LogP contribution in [0.15, 0.2) is 96.2 Å². The molecule has 0 saturated carbocycles. The highest BCUT2D eigenvalue weighted by molar-refractivity contribution is 7.51. The average molecular weight is 531 g/mol. The number of benzene rings is 3. The van der Waals surface area contributed by atoms with Gasteiger partial charge in [-0.3, -0.25) is 9.36 Å². The Morgan fingerprint density at radius 2 is 1.70 bits per heavy atom. The Bertz CT molecular complexity index is 1650. The van der Waals surface area contributed by atoms with E-state index in [1.165, 1.54) is 6.33 Å². The van der Waals surface area contributed by atoms with Crippen LogP contribution in [0.5, 0.6) is 0 Å². The van der Waals surface area contributed by atoms with Crippen LogP contribution in [0.25, 0.3) is 27.6 Å². The second-order valence-corrected chi connectivity index (χ2v) is 8.88. The highest BCUT2D eigenvalue weighted by Gasteiger charge is 2.19. The van der Waals surface area contributed by atoms with E-state index in [-0.39, 0.29) is 11.6 Å². The Balaban J connectivity index is 0.00000102. The van der Waals surface area contributed by atoms with Gasteiger partial charge in [0.15, 0.2) is 0 Å². The second-order valence-electron chi connectivity index (χ2n) is 8.34. The monoisotopic (exact) mass is 530 g/mol. The number of nitrogens with one attached hydrogen (secondary N) is 1. The van der Waals surface area contributed by atoms with Crippen LogP contribution < -0.4 is 10.9 Å². The van der Waals surface area contributed by atoms with Gasteiger partial charge < -0.3 is 5.32 Å². The molecule has 37 heavy (non-hydrogen) atoms. The quantitative estimate of drug-likeness (QED) is 0.303. The largest absolute Gasteiger partial charge is 0.361 e. The van der Waals surface area contributed by atoms with Gasteiger partial charge in [0.25, 0.3) is 5.56 Å². The van der Waals surface area contributed by atoms with Gasteiger partial charge in [-0.05, 0) is 49.1 Å². The smallest absolute Gasteiger partial charge is 0.335 e. The highest BCUT2D eigenvalue weighted by Crippen LogP contribution is 2.31. The third kappa shape index (κ3) is 5.66. The number of pyridine rings is 1. The first kappa shape index (κ1) is 25.9. The Labute approximate surface area is 222 Å². The van der Waals surface area contributed by atoms with E-state index in [4.69, 9.17) is 20.0 Å². The van der Waals surface area contributed by atoms with E-state index in [1.54, 1.807) is 16.8 Å². The molecule has 186 valence electrons. The maximum absolute atomic E-state index is 13.7. The Hall–Kier alpha value is -4.14. The molecule has 0 spiro atoms. The van der Waals surface area contributed by atoms with Crippen LogP contribution in [0.1, 0.15) is 24.2 Å². The first-order valence-electron chi connectivity index (χ1n) is 11.4. The molecule has 5 rings (SSSR count). The van der Waals surface area contributed by atoms with E-state index in [0.717, 1.165) is 33.5 Å². The molecule has 0 fully saturated rings. The fourth-order valence-electron chi connectivity index (χ4n) is 4.25. The van der Waals surface area contributed by atoms with E-state index in [2.05, 4.69) is 34.3 Å². The average Bonchev–Trinajstić information content (AvgIpc) is 2.90. The second kappa shape index (κ2) is 11.7. The van der Waals surface area contributed by atoms with Crippen molar-refractivity contribution in [2.75, 3.05) is 5.32 Å². The zero-order valence-electron chi connectivity index (χ0n) is 20.1. The van der Waals surface area contributed by atoms with Crippen molar-refractivity contribution in [2.45, 2.75) is 19.9 Å². The number of halogens is 1. The van der Waals surface area contributed by atoms with E-state index < -0.39 is 11.6 Å². The van der Waals surface area contributed by atoms with Gasteiger partial charge in [-0.25, -0.2) is 9.97 Å². The van der Waals surface area contributed by atoms with Crippen molar-refractivity contribution in [1.82, 2.24) is 14.5 Å². The summed E-state index contributed by atoms with van der Waals surface area (Å²) in [5.41, 5.74) is 4.51. The van der Waals surface area contributed by atoms with Crippen LogP contribution >= 0.6 is 11.6 Å². The van der Waals surface area contributed by atoms with Crippen molar-refractivity contribution in [2.24, 2.45) is 0 Å². The SMILES string of the molecule is Cc1cccc(-c2cncnc2N[C@@H](C)c2cc3cccc(Cl)c3c(=O)n2-c2ccccc2)c1.O=S=O. The first-order valence-corrected chi connectivity index (χ1v) is 12.4. The molecule has 9 heteroatoms. The molecular weight excluding hydrogens is 508 g/mol. The zero-order chi connectivity index (χ0) is 26.4. The Kier molecular flexibility index (Phi) is 8.22. The van der Waals surface area contributed by atoms with Crippen molar-refractivity contribution in [3.63, 3.8) is 0 Å². The normalized spacial score (nSPS) is 11.3. The molecule has 0 amide bonds. The third-order valence-corrected chi connectivity index (χ3v) is 6.19. The zero-order valence-corrected chi connectivity index (χ0v) is 21.7. The summed E-state index contributed by atoms with van der Waals surface area (Å²) in [6.45, 7) is 4.08. The lowest BCUT2D eigenvalue weighted by Gasteiger charge is -2.22. The number of aryl methyl sites for hydroxylation is 1. The van der Waals surface area contributed by atoms with Crippen LogP contribution in [0.3, 0.4) is 0 Å². The fraction of sp³-hybridized carbons (Fsp3) is 0.107. The van der Waals surface area contributed by atoms with Gasteiger partial charge in [0, 0.05) is 23.1 Å². The minimum Gasteiger partial charge on any atom is -0.361 e. The molecule has 5 aromatic rings. The predicted octanol–water partition coefficient (Wildman–Crippen LogP) is 5.91. The molecule has 2 heterocycles. The lowest BCUT2D eigenvalue weighted by atomic mass is 10.0. The summed E-state index contributed by atoms with van der Waals surface area (Å²) in [7, 11) is 0. The van der Waals surface area contributed by atoms with Crippen LogP contribution in [0.4, 0.5) is 5.82 Å². The third-order valence-electron chi connectivity index (χ3n) is 5.88. The molecule has 0 aliphatic rings. The van der Waals surface area contributed by atoms with E-state index >= 15 is 0 Å². The van der Waals surface area contributed by atoms with E-state index in [9.17, 15) is 4.79 Å². The number of hydrogen-bond donors (Lipinski definition) is 1. The van der Waals surface area contributed by atoms with Gasteiger partial charge in [-0.1, -0.05) is 71.8 Å². The summed E-state index contributed by atoms with van der Waals surface area (Å²) >= 11 is 5.69. The molecule has 0 aliphatic carbocycles. The summed E-state index contributed by atoms with van der Waals surface area (Å²) in [4.78, 5) is 22.4. The number of anilines is 1. The minimum absolute atomic E-state index is 0.153. The number of para-hydroxylation sites is 1. The lowest BCUT2D eigenvalue weighted by Crippen LogP contribution is -2.26. The molecule has 0 unspecified atom stereocenters. The molecule has 0 saturated heterocycles. The number of aromatic nitrogens is 3. The van der Waals surface area contributed by atoms with Crippen molar-refractivity contribution < 1.29 is 8.42 Å². The lowest BCUT2D eigenvalue weighted by molar-refractivity contribution is 0.630. The molecule has 3 aromatic carbocycles. The van der Waals surface area contributed by atoms with Crippen molar-refractivity contribution in [3.05, 3.63) is 118 Å². The molecule has 1 atom stereocenters. The topological polar surface area (TPSA) is 93.9 Å². The van der Waals surface area contributed by atoms with E-state index in [0.29, 0.717) is 16.2 Å². The number of rotatable bonds is 5. The molecule has 2 aromatic heterocycles. The summed E-state index contributed by atoms with van der Waals surface area (Å²) in [6.07, 6.45) is 3.33. The van der Waals surface area contributed by atoms with Crippen molar-refractivity contribution in [3.8, 4) is 16.8 Å². The first-order chi connectivity index (χ1) is 17.9. The summed E-state index contributed by atoms with van der Waals surface area (Å²) in [5, 5.41) is 5.27. The number of fused-ring (bicyclic) bond motifs is 1. The maximum atomic E-state index is 13.7. The number of nitrogens with zero attached hydrogens (tertiary/aromatic N) is 3. The van der Waals surface area contributed by atoms with Gasteiger partial charge >= 0.3 is 11.6 Å². The van der Waals surface area contributed by atoms with Gasteiger partial charge in [-0.2, -0.15) is 8.42 Å².